The van der Waals surface area contributed by atoms with Crippen molar-refractivity contribution in [3.63, 3.8) is 0 Å². The Morgan fingerprint density at radius 3 is 2.88 bits per heavy atom. The van der Waals surface area contributed by atoms with Crippen LogP contribution >= 0.6 is 11.6 Å². The second-order valence-electron chi connectivity index (χ2n) is 5.87. The van der Waals surface area contributed by atoms with Crippen LogP contribution in [0.2, 0.25) is 5.02 Å². The standard InChI is InChI=1S/C18H20ClN3O2/c1-2-13-10-20-18(21-11-13)24-16-7-4-8-22(12-16)17(23)14-5-3-6-15(19)9-14/h3,5-6,9-11,16H,2,4,7-8,12H2,1H3. The normalized spacial score (nSPS) is 17.6. The molecule has 0 spiro atoms. The van der Waals surface area contributed by atoms with Crippen molar-refractivity contribution in [2.45, 2.75) is 32.3 Å². The SMILES string of the molecule is CCc1cnc(OC2CCCN(C(=O)c3cccc(Cl)c3)C2)nc1. The fourth-order valence-electron chi connectivity index (χ4n) is 2.76. The van der Waals surface area contributed by atoms with Crippen LogP contribution < -0.4 is 4.74 Å². The molecule has 0 aliphatic carbocycles. The summed E-state index contributed by atoms with van der Waals surface area (Å²) in [4.78, 5) is 22.9. The summed E-state index contributed by atoms with van der Waals surface area (Å²) < 4.78 is 5.85. The lowest BCUT2D eigenvalue weighted by Crippen LogP contribution is -2.44. The summed E-state index contributed by atoms with van der Waals surface area (Å²) in [6.45, 7) is 3.31. The number of piperidine rings is 1. The summed E-state index contributed by atoms with van der Waals surface area (Å²) in [5, 5.41) is 0.565. The van der Waals surface area contributed by atoms with E-state index in [2.05, 4.69) is 16.9 Å². The molecule has 1 aromatic heterocycles. The number of aryl methyl sites for hydroxylation is 1. The first-order chi connectivity index (χ1) is 11.7. The van der Waals surface area contributed by atoms with Gasteiger partial charge in [-0.2, -0.15) is 0 Å². The van der Waals surface area contributed by atoms with Crippen LogP contribution in [0.5, 0.6) is 6.01 Å². The molecule has 24 heavy (non-hydrogen) atoms. The molecular formula is C18H20ClN3O2. The zero-order valence-electron chi connectivity index (χ0n) is 13.6. The molecule has 1 aromatic carbocycles. The van der Waals surface area contributed by atoms with Crippen molar-refractivity contribution >= 4 is 17.5 Å². The van der Waals surface area contributed by atoms with E-state index in [4.69, 9.17) is 16.3 Å². The average Bonchev–Trinajstić information content (AvgIpc) is 2.62. The summed E-state index contributed by atoms with van der Waals surface area (Å²) in [6.07, 6.45) is 6.14. The van der Waals surface area contributed by atoms with Crippen LogP contribution in [-0.2, 0) is 6.42 Å². The second kappa shape index (κ2) is 7.62. The van der Waals surface area contributed by atoms with E-state index in [1.807, 2.05) is 0 Å². The molecule has 1 fully saturated rings. The lowest BCUT2D eigenvalue weighted by atomic mass is 10.1. The molecule has 5 nitrogen and oxygen atoms in total. The van der Waals surface area contributed by atoms with Gasteiger partial charge in [-0.05, 0) is 43.0 Å². The van der Waals surface area contributed by atoms with E-state index in [1.54, 1.807) is 41.6 Å². The van der Waals surface area contributed by atoms with Gasteiger partial charge in [0.15, 0.2) is 0 Å². The quantitative estimate of drug-likeness (QED) is 0.852. The monoisotopic (exact) mass is 345 g/mol. The van der Waals surface area contributed by atoms with E-state index in [0.29, 0.717) is 23.1 Å². The van der Waals surface area contributed by atoms with Gasteiger partial charge in [-0.1, -0.05) is 24.6 Å². The van der Waals surface area contributed by atoms with Gasteiger partial charge in [-0.15, -0.1) is 0 Å². The van der Waals surface area contributed by atoms with Crippen LogP contribution in [0, 0.1) is 0 Å². The number of amides is 1. The molecule has 2 heterocycles. The Morgan fingerprint density at radius 2 is 2.17 bits per heavy atom. The molecule has 2 aromatic rings. The van der Waals surface area contributed by atoms with Crippen LogP contribution in [0.25, 0.3) is 0 Å². The Labute approximate surface area is 146 Å². The van der Waals surface area contributed by atoms with Gasteiger partial charge >= 0.3 is 6.01 Å². The first-order valence-electron chi connectivity index (χ1n) is 8.18. The summed E-state index contributed by atoms with van der Waals surface area (Å²) >= 11 is 5.98. The van der Waals surface area contributed by atoms with Crippen molar-refractivity contribution < 1.29 is 9.53 Å². The summed E-state index contributed by atoms with van der Waals surface area (Å²) in [5.74, 6) is -0.0203. The highest BCUT2D eigenvalue weighted by Gasteiger charge is 2.26. The van der Waals surface area contributed by atoms with Gasteiger partial charge in [-0.3, -0.25) is 4.79 Å². The van der Waals surface area contributed by atoms with Gasteiger partial charge in [0.05, 0.1) is 6.54 Å². The van der Waals surface area contributed by atoms with E-state index in [0.717, 1.165) is 31.4 Å². The molecule has 1 aliphatic heterocycles. The molecular weight excluding hydrogens is 326 g/mol. The first kappa shape index (κ1) is 16.7. The highest BCUT2D eigenvalue weighted by molar-refractivity contribution is 6.30. The third-order valence-electron chi connectivity index (χ3n) is 4.10. The molecule has 0 bridgehead atoms. The number of rotatable bonds is 4. The highest BCUT2D eigenvalue weighted by Crippen LogP contribution is 2.19. The largest absolute Gasteiger partial charge is 0.458 e. The van der Waals surface area contributed by atoms with E-state index in [1.165, 1.54) is 0 Å². The van der Waals surface area contributed by atoms with Crippen LogP contribution in [0.3, 0.4) is 0 Å². The maximum atomic E-state index is 12.6. The number of halogens is 1. The van der Waals surface area contributed by atoms with Gasteiger partial charge < -0.3 is 9.64 Å². The molecule has 1 saturated heterocycles. The number of carbonyl (C=O) groups is 1. The van der Waals surface area contributed by atoms with Crippen LogP contribution in [0.15, 0.2) is 36.7 Å². The molecule has 0 saturated carbocycles. The van der Waals surface area contributed by atoms with Crippen molar-refractivity contribution in [1.82, 2.24) is 14.9 Å². The van der Waals surface area contributed by atoms with Gasteiger partial charge in [0.2, 0.25) is 0 Å². The second-order valence-corrected chi connectivity index (χ2v) is 6.31. The van der Waals surface area contributed by atoms with Crippen molar-refractivity contribution in [2.24, 2.45) is 0 Å². The molecule has 126 valence electrons. The third kappa shape index (κ3) is 4.03. The molecule has 1 unspecified atom stereocenters. The van der Waals surface area contributed by atoms with Gasteiger partial charge in [0.1, 0.15) is 6.10 Å². The van der Waals surface area contributed by atoms with Crippen LogP contribution in [0.1, 0.15) is 35.7 Å². The Hall–Kier alpha value is -2.14. The minimum atomic E-state index is -0.0886. The Bertz CT molecular complexity index is 706. The number of nitrogens with zero attached hydrogens (tertiary/aromatic N) is 3. The van der Waals surface area contributed by atoms with E-state index in [9.17, 15) is 4.79 Å². The zero-order chi connectivity index (χ0) is 16.9. The number of likely N-dealkylation sites (tertiary alicyclic amines) is 1. The van der Waals surface area contributed by atoms with Crippen LogP contribution in [-0.4, -0.2) is 40.0 Å². The molecule has 1 atom stereocenters. The number of hydrogen-bond acceptors (Lipinski definition) is 4. The fraction of sp³-hybridized carbons (Fsp3) is 0.389. The lowest BCUT2D eigenvalue weighted by Gasteiger charge is -2.32. The summed E-state index contributed by atoms with van der Waals surface area (Å²) in [5.41, 5.74) is 1.68. The number of ether oxygens (including phenoxy) is 1. The Balaban J connectivity index is 1.64. The molecule has 1 amide bonds. The molecule has 0 radical (unpaired) electrons. The minimum absolute atomic E-state index is 0.0203. The predicted molar refractivity (Wildman–Crippen MR) is 92.4 cm³/mol. The molecule has 0 N–H and O–H groups in total. The summed E-state index contributed by atoms with van der Waals surface area (Å²) in [6, 6.07) is 7.40. The number of hydrogen-bond donors (Lipinski definition) is 0. The lowest BCUT2D eigenvalue weighted by molar-refractivity contribution is 0.0515. The van der Waals surface area contributed by atoms with E-state index in [-0.39, 0.29) is 12.0 Å². The van der Waals surface area contributed by atoms with E-state index >= 15 is 0 Å². The average molecular weight is 346 g/mol. The minimum Gasteiger partial charge on any atom is -0.458 e. The number of benzene rings is 1. The fourth-order valence-corrected chi connectivity index (χ4v) is 2.95. The number of carbonyl (C=O) groups excluding carboxylic acids is 1. The Morgan fingerprint density at radius 1 is 1.38 bits per heavy atom. The van der Waals surface area contributed by atoms with Crippen molar-refractivity contribution in [1.29, 1.82) is 0 Å². The topological polar surface area (TPSA) is 55.3 Å². The maximum absolute atomic E-state index is 12.6. The molecule has 3 rings (SSSR count). The van der Waals surface area contributed by atoms with Crippen molar-refractivity contribution in [3.05, 3.63) is 52.8 Å². The first-order valence-corrected chi connectivity index (χ1v) is 8.56. The highest BCUT2D eigenvalue weighted by atomic mass is 35.5. The third-order valence-corrected chi connectivity index (χ3v) is 4.33. The van der Waals surface area contributed by atoms with Crippen molar-refractivity contribution in [3.8, 4) is 6.01 Å². The van der Waals surface area contributed by atoms with Crippen LogP contribution in [0.4, 0.5) is 0 Å². The van der Waals surface area contributed by atoms with Gasteiger partial charge in [0, 0.05) is 29.5 Å². The zero-order valence-corrected chi connectivity index (χ0v) is 14.4. The molecule has 1 aliphatic rings. The number of aromatic nitrogens is 2. The summed E-state index contributed by atoms with van der Waals surface area (Å²) in [7, 11) is 0. The van der Waals surface area contributed by atoms with Crippen molar-refractivity contribution in [2.75, 3.05) is 13.1 Å². The smallest absolute Gasteiger partial charge is 0.316 e. The maximum Gasteiger partial charge on any atom is 0.316 e. The van der Waals surface area contributed by atoms with Gasteiger partial charge in [0.25, 0.3) is 5.91 Å². The predicted octanol–water partition coefficient (Wildman–Crippen LogP) is 3.38. The van der Waals surface area contributed by atoms with Gasteiger partial charge in [-0.25, -0.2) is 9.97 Å². The Kier molecular flexibility index (Phi) is 5.30. The molecule has 6 heteroatoms. The van der Waals surface area contributed by atoms with E-state index < -0.39 is 0 Å².